The smallest absolute Gasteiger partial charge is 0.336 e. The Morgan fingerprint density at radius 1 is 1.30 bits per heavy atom. The van der Waals surface area contributed by atoms with E-state index in [1.54, 1.807) is 29.3 Å². The highest BCUT2D eigenvalue weighted by molar-refractivity contribution is 5.97. The van der Waals surface area contributed by atoms with Gasteiger partial charge in [-0.1, -0.05) is 50.8 Å². The van der Waals surface area contributed by atoms with Gasteiger partial charge in [-0.15, -0.1) is 0 Å². The number of likely N-dealkylation sites (N-methyl/N-ethyl adjacent to an activating group) is 1. The van der Waals surface area contributed by atoms with E-state index in [1.165, 1.54) is 0 Å². The molecule has 8 heteroatoms. The highest BCUT2D eigenvalue weighted by Crippen LogP contribution is 2.27. The first kappa shape index (κ1) is 28.2. The number of hydrogen-bond acceptors (Lipinski definition) is 6. The molecule has 0 unspecified atom stereocenters. The van der Waals surface area contributed by atoms with Crippen molar-refractivity contribution < 1.29 is 24.5 Å². The number of aliphatic hydroxyl groups is 1. The second-order valence-electron chi connectivity index (χ2n) is 10.3. The number of hydrogen-bond donors (Lipinski definition) is 2. The number of carboxylic acids is 1. The van der Waals surface area contributed by atoms with Crippen molar-refractivity contribution in [2.45, 2.75) is 52.8 Å². The summed E-state index contributed by atoms with van der Waals surface area (Å²) in [7, 11) is 1.91. The number of nitrogens with zero attached hydrogens (tertiary/aromatic N) is 3. The molecule has 1 aromatic heterocycles. The van der Waals surface area contributed by atoms with Gasteiger partial charge in [-0.05, 0) is 37.6 Å². The molecule has 8 nitrogen and oxygen atoms in total. The topological polar surface area (TPSA) is 103 Å². The van der Waals surface area contributed by atoms with Crippen molar-refractivity contribution in [1.29, 1.82) is 0 Å². The molecule has 37 heavy (non-hydrogen) atoms. The number of benzene rings is 1. The zero-order chi connectivity index (χ0) is 27.1. The van der Waals surface area contributed by atoms with Gasteiger partial charge < -0.3 is 19.8 Å². The number of aliphatic hydroxyl groups excluding tert-OH is 1. The molecule has 2 heterocycles. The van der Waals surface area contributed by atoms with Gasteiger partial charge in [-0.2, -0.15) is 0 Å². The van der Waals surface area contributed by atoms with Crippen LogP contribution >= 0.6 is 0 Å². The van der Waals surface area contributed by atoms with Crippen LogP contribution in [0.25, 0.3) is 0 Å². The molecule has 198 valence electrons. The number of carboxylic acid groups (broad SMARTS) is 1. The van der Waals surface area contributed by atoms with Crippen molar-refractivity contribution in [3.05, 3.63) is 58.8 Å². The van der Waals surface area contributed by atoms with Crippen LogP contribution in [-0.4, -0.2) is 75.8 Å². The summed E-state index contributed by atoms with van der Waals surface area (Å²) in [6.07, 6.45) is 2.04. The maximum absolute atomic E-state index is 13.5. The van der Waals surface area contributed by atoms with E-state index >= 15 is 0 Å². The zero-order valence-electron chi connectivity index (χ0n) is 22.3. The first-order valence-electron chi connectivity index (χ1n) is 12.7. The average Bonchev–Trinajstić information content (AvgIpc) is 2.86. The lowest BCUT2D eigenvalue weighted by Gasteiger charge is -2.37. The van der Waals surface area contributed by atoms with E-state index in [-0.39, 0.29) is 42.0 Å². The van der Waals surface area contributed by atoms with Gasteiger partial charge in [0, 0.05) is 43.7 Å². The van der Waals surface area contributed by atoms with Crippen molar-refractivity contribution in [1.82, 2.24) is 14.8 Å². The van der Waals surface area contributed by atoms with Crippen molar-refractivity contribution in [2.24, 2.45) is 11.8 Å². The van der Waals surface area contributed by atoms with E-state index in [9.17, 15) is 19.8 Å². The van der Waals surface area contributed by atoms with E-state index in [4.69, 9.17) is 4.74 Å². The average molecular weight is 508 g/mol. The maximum Gasteiger partial charge on any atom is 0.336 e. The number of amides is 1. The van der Waals surface area contributed by atoms with Crippen LogP contribution in [0.15, 0.2) is 36.5 Å². The molecule has 1 amide bonds. The summed E-state index contributed by atoms with van der Waals surface area (Å²) < 4.78 is 6.34. The summed E-state index contributed by atoms with van der Waals surface area (Å²) in [6.45, 7) is 9.16. The fourth-order valence-corrected chi connectivity index (χ4v) is 4.28. The van der Waals surface area contributed by atoms with Crippen LogP contribution in [0.1, 0.15) is 66.0 Å². The van der Waals surface area contributed by atoms with E-state index in [1.807, 2.05) is 37.9 Å². The Kier molecular flexibility index (Phi) is 9.67. The van der Waals surface area contributed by atoms with Gasteiger partial charge in [0.05, 0.1) is 18.2 Å². The van der Waals surface area contributed by atoms with Crippen LogP contribution in [-0.2, 0) is 6.54 Å². The van der Waals surface area contributed by atoms with Crippen LogP contribution in [0.3, 0.4) is 0 Å². The third-order valence-corrected chi connectivity index (χ3v) is 6.44. The summed E-state index contributed by atoms with van der Waals surface area (Å²) in [5, 5.41) is 19.4. The molecule has 0 radical (unpaired) electrons. The van der Waals surface area contributed by atoms with Crippen LogP contribution in [0, 0.1) is 23.7 Å². The fraction of sp³-hybridized carbons (Fsp3) is 0.483. The van der Waals surface area contributed by atoms with Gasteiger partial charge in [0.15, 0.2) is 0 Å². The lowest BCUT2D eigenvalue weighted by atomic mass is 9.99. The quantitative estimate of drug-likeness (QED) is 0.527. The normalized spacial score (nSPS) is 18.4. The Morgan fingerprint density at radius 3 is 2.70 bits per heavy atom. The number of carbonyl (C=O) groups is 2. The number of ether oxygens (including phenoxy) is 1. The number of pyridine rings is 1. The Labute approximate surface area is 219 Å². The number of fused-ring (bicyclic) bond motifs is 1. The summed E-state index contributed by atoms with van der Waals surface area (Å²) in [5.74, 6) is 5.62. The third kappa shape index (κ3) is 7.31. The maximum atomic E-state index is 13.5. The minimum Gasteiger partial charge on any atom is -0.478 e. The van der Waals surface area contributed by atoms with Gasteiger partial charge in [0.2, 0.25) is 5.88 Å². The van der Waals surface area contributed by atoms with E-state index in [0.717, 1.165) is 6.42 Å². The monoisotopic (exact) mass is 507 g/mol. The number of aromatic carboxylic acids is 1. The third-order valence-electron chi connectivity index (χ3n) is 6.44. The molecule has 1 aliphatic rings. The summed E-state index contributed by atoms with van der Waals surface area (Å²) >= 11 is 0. The van der Waals surface area contributed by atoms with Crippen LogP contribution < -0.4 is 4.74 Å². The lowest BCUT2D eigenvalue weighted by Crippen LogP contribution is -2.49. The lowest BCUT2D eigenvalue weighted by molar-refractivity contribution is 0.0325. The molecule has 1 aromatic carbocycles. The predicted molar refractivity (Wildman–Crippen MR) is 141 cm³/mol. The molecular formula is C29H37N3O5. The Hall–Kier alpha value is -3.41. The van der Waals surface area contributed by atoms with E-state index < -0.39 is 5.97 Å². The number of rotatable bonds is 8. The summed E-state index contributed by atoms with van der Waals surface area (Å²) in [6, 6.07) is 8.29. The predicted octanol–water partition coefficient (Wildman–Crippen LogP) is 3.53. The molecule has 0 bridgehead atoms. The van der Waals surface area contributed by atoms with Crippen LogP contribution in [0.2, 0.25) is 0 Å². The number of aromatic nitrogens is 1. The van der Waals surface area contributed by atoms with Crippen molar-refractivity contribution >= 4 is 11.9 Å². The Bertz CT molecular complexity index is 1170. The zero-order valence-corrected chi connectivity index (χ0v) is 22.3. The molecule has 0 saturated carbocycles. The van der Waals surface area contributed by atoms with E-state index in [2.05, 4.69) is 30.7 Å². The molecule has 3 atom stereocenters. The highest BCUT2D eigenvalue weighted by atomic mass is 16.5. The van der Waals surface area contributed by atoms with Crippen molar-refractivity contribution in [2.75, 3.05) is 26.7 Å². The van der Waals surface area contributed by atoms with Crippen LogP contribution in [0.4, 0.5) is 0 Å². The highest BCUT2D eigenvalue weighted by Gasteiger charge is 2.34. The van der Waals surface area contributed by atoms with Crippen molar-refractivity contribution in [3.8, 4) is 17.7 Å². The Balaban J connectivity index is 1.90. The first-order valence-corrected chi connectivity index (χ1v) is 12.7. The second-order valence-corrected chi connectivity index (χ2v) is 10.3. The van der Waals surface area contributed by atoms with E-state index in [0.29, 0.717) is 42.2 Å². The fourth-order valence-electron chi connectivity index (χ4n) is 4.28. The summed E-state index contributed by atoms with van der Waals surface area (Å²) in [4.78, 5) is 33.3. The largest absolute Gasteiger partial charge is 0.478 e. The molecule has 2 aromatic rings. The second kappa shape index (κ2) is 12.7. The molecule has 2 N–H and O–H groups in total. The molecule has 1 aliphatic heterocycles. The SMILES string of the molecule is CC(C)CC#Cc1cnc2c(c1)C(=O)N([C@H](C)CO)C[C@H](C)[C@H](CN(C)Cc1ccccc1C(=O)O)O2. The van der Waals surface area contributed by atoms with Gasteiger partial charge in [0.1, 0.15) is 11.7 Å². The van der Waals surface area contributed by atoms with Gasteiger partial charge in [-0.3, -0.25) is 9.69 Å². The molecule has 3 rings (SSSR count). The molecule has 0 fully saturated rings. The molecular weight excluding hydrogens is 470 g/mol. The standard InChI is InChI=1S/C29H37N3O5/c1-19(2)9-8-10-22-13-25-27(30-14-22)37-26(20(3)15-32(28(25)34)21(4)18-33)17-31(5)16-23-11-6-7-12-24(23)29(35)36/h6-7,11-14,19-21,26,33H,9,15-18H2,1-5H3,(H,35,36)/t20-,21+,26-/m0/s1. The van der Waals surface area contributed by atoms with Crippen molar-refractivity contribution in [3.63, 3.8) is 0 Å². The Morgan fingerprint density at radius 2 is 2.03 bits per heavy atom. The minimum atomic E-state index is -0.961. The summed E-state index contributed by atoms with van der Waals surface area (Å²) in [5.41, 5.74) is 1.95. The minimum absolute atomic E-state index is 0.0735. The van der Waals surface area contributed by atoms with Crippen LogP contribution in [0.5, 0.6) is 5.88 Å². The van der Waals surface area contributed by atoms with Gasteiger partial charge in [-0.25, -0.2) is 9.78 Å². The first-order chi connectivity index (χ1) is 17.6. The molecule has 0 aliphatic carbocycles. The molecule has 0 saturated heterocycles. The number of carbonyl (C=O) groups excluding carboxylic acids is 1. The van der Waals surface area contributed by atoms with Gasteiger partial charge >= 0.3 is 5.97 Å². The van der Waals surface area contributed by atoms with Gasteiger partial charge in [0.25, 0.3) is 5.91 Å². The molecule has 0 spiro atoms.